The molecular formula is C31H34FNO6. The summed E-state index contributed by atoms with van der Waals surface area (Å²) >= 11 is 0. The summed E-state index contributed by atoms with van der Waals surface area (Å²) < 4.78 is 36.5. The molecule has 2 unspecified atom stereocenters. The molecule has 0 bridgehead atoms. The van der Waals surface area contributed by atoms with E-state index in [0.29, 0.717) is 46.1 Å². The van der Waals surface area contributed by atoms with Crippen LogP contribution in [0, 0.1) is 5.82 Å². The second-order valence-corrected chi connectivity index (χ2v) is 10.3. The van der Waals surface area contributed by atoms with Gasteiger partial charge in [0, 0.05) is 29.0 Å². The lowest BCUT2D eigenvalue weighted by Gasteiger charge is -2.37. The first kappa shape index (κ1) is 26.8. The maximum Gasteiger partial charge on any atom is 0.337 e. The molecular weight excluding hydrogens is 501 g/mol. The zero-order valence-corrected chi connectivity index (χ0v) is 22.8. The number of allylic oxidation sites excluding steroid dienone is 3. The van der Waals surface area contributed by atoms with Crippen LogP contribution < -0.4 is 19.5 Å². The molecule has 0 aromatic heterocycles. The molecule has 2 aliphatic carbocycles. The fourth-order valence-electron chi connectivity index (χ4n) is 6.16. The Hall–Kier alpha value is -3.81. The van der Waals surface area contributed by atoms with E-state index in [-0.39, 0.29) is 30.0 Å². The van der Waals surface area contributed by atoms with Crippen LogP contribution in [0.15, 0.2) is 58.9 Å². The van der Waals surface area contributed by atoms with Gasteiger partial charge < -0.3 is 24.3 Å². The normalized spacial score (nSPS) is 21.4. The molecule has 206 valence electrons. The lowest BCUT2D eigenvalue weighted by atomic mass is 9.71. The van der Waals surface area contributed by atoms with Crippen LogP contribution in [0.1, 0.15) is 68.4 Å². The summed E-state index contributed by atoms with van der Waals surface area (Å²) in [6.07, 6.45) is 4.37. The van der Waals surface area contributed by atoms with Gasteiger partial charge in [-0.15, -0.1) is 0 Å². The van der Waals surface area contributed by atoms with E-state index < -0.39 is 11.9 Å². The highest BCUT2D eigenvalue weighted by atomic mass is 19.1. The Morgan fingerprint density at radius 3 is 2.26 bits per heavy atom. The largest absolute Gasteiger partial charge is 0.493 e. The van der Waals surface area contributed by atoms with Crippen LogP contribution in [0.5, 0.6) is 17.2 Å². The quantitative estimate of drug-likeness (QED) is 0.456. The van der Waals surface area contributed by atoms with Gasteiger partial charge in [-0.25, -0.2) is 9.18 Å². The van der Waals surface area contributed by atoms with E-state index >= 15 is 0 Å². The van der Waals surface area contributed by atoms with Gasteiger partial charge in [0.2, 0.25) is 5.75 Å². The molecule has 1 N–H and O–H groups in total. The van der Waals surface area contributed by atoms with Gasteiger partial charge in [-0.05, 0) is 68.7 Å². The standard InChI is InChI=1S/C31H34FNO6/c1-17-26(31(35)39-21-7-5-6-8-21)27(22-13-14-25(36-2)30(38-4)29(22)37-3)28-23(33-17)15-19(16-24(28)34)18-9-11-20(32)12-10-18/h9-14,19,21,27,33H,5-8,15-16H2,1-4H3. The third-order valence-electron chi connectivity index (χ3n) is 8.01. The molecule has 7 nitrogen and oxygen atoms in total. The lowest BCUT2D eigenvalue weighted by Crippen LogP contribution is -2.36. The van der Waals surface area contributed by atoms with Crippen LogP contribution in [0.4, 0.5) is 4.39 Å². The first-order chi connectivity index (χ1) is 18.9. The van der Waals surface area contributed by atoms with Gasteiger partial charge in [0.25, 0.3) is 0 Å². The van der Waals surface area contributed by atoms with Crippen molar-refractivity contribution in [2.24, 2.45) is 0 Å². The molecule has 2 atom stereocenters. The highest BCUT2D eigenvalue weighted by Gasteiger charge is 2.43. The van der Waals surface area contributed by atoms with Crippen LogP contribution in [0.3, 0.4) is 0 Å². The minimum atomic E-state index is -0.716. The monoisotopic (exact) mass is 535 g/mol. The average molecular weight is 536 g/mol. The predicted molar refractivity (Wildman–Crippen MR) is 143 cm³/mol. The van der Waals surface area contributed by atoms with Crippen molar-refractivity contribution in [1.29, 1.82) is 0 Å². The number of benzene rings is 2. The van der Waals surface area contributed by atoms with E-state index in [1.54, 1.807) is 18.2 Å². The average Bonchev–Trinajstić information content (AvgIpc) is 3.44. The van der Waals surface area contributed by atoms with Gasteiger partial charge in [-0.1, -0.05) is 18.2 Å². The first-order valence-corrected chi connectivity index (χ1v) is 13.4. The van der Waals surface area contributed by atoms with E-state index in [4.69, 9.17) is 18.9 Å². The summed E-state index contributed by atoms with van der Waals surface area (Å²) in [6, 6.07) is 9.85. The maximum absolute atomic E-state index is 13.9. The number of hydrogen-bond acceptors (Lipinski definition) is 7. The SMILES string of the molecule is COc1ccc(C2C(C(=O)OC3CCCC3)=C(C)NC3=C2C(=O)CC(c2ccc(F)cc2)C3)c(OC)c1OC. The molecule has 1 fully saturated rings. The molecule has 3 aliphatic rings. The van der Waals surface area contributed by atoms with E-state index in [0.717, 1.165) is 36.9 Å². The van der Waals surface area contributed by atoms with Gasteiger partial charge in [-0.3, -0.25) is 4.79 Å². The molecule has 1 saturated carbocycles. The number of methoxy groups -OCH3 is 3. The van der Waals surface area contributed by atoms with Crippen LogP contribution in [-0.4, -0.2) is 39.2 Å². The number of rotatable bonds is 7. The molecule has 2 aromatic rings. The van der Waals surface area contributed by atoms with Crippen LogP contribution >= 0.6 is 0 Å². The smallest absolute Gasteiger partial charge is 0.337 e. The van der Waals surface area contributed by atoms with E-state index in [9.17, 15) is 14.0 Å². The summed E-state index contributed by atoms with van der Waals surface area (Å²) in [6.45, 7) is 1.83. The molecule has 0 amide bonds. The minimum Gasteiger partial charge on any atom is -0.493 e. The van der Waals surface area contributed by atoms with Crippen molar-refractivity contribution < 1.29 is 32.9 Å². The fraction of sp³-hybridized carbons (Fsp3) is 0.419. The Balaban J connectivity index is 1.63. The van der Waals surface area contributed by atoms with Gasteiger partial charge in [0.05, 0.1) is 32.8 Å². The second kappa shape index (κ2) is 11.1. The second-order valence-electron chi connectivity index (χ2n) is 10.3. The predicted octanol–water partition coefficient (Wildman–Crippen LogP) is 5.70. The number of Topliss-reactive ketones (excluding diaryl/α,β-unsaturated/α-hetero) is 1. The number of dihydropyridines is 1. The van der Waals surface area contributed by atoms with Crippen molar-refractivity contribution in [2.45, 2.75) is 63.4 Å². The van der Waals surface area contributed by atoms with Crippen LogP contribution in [0.2, 0.25) is 0 Å². The summed E-state index contributed by atoms with van der Waals surface area (Å²) in [5.41, 5.74) is 3.80. The minimum absolute atomic E-state index is 0.0846. The molecule has 8 heteroatoms. The molecule has 2 aromatic carbocycles. The van der Waals surface area contributed by atoms with Gasteiger partial charge in [-0.2, -0.15) is 0 Å². The Morgan fingerprint density at radius 2 is 1.62 bits per heavy atom. The number of carbonyl (C=O) groups is 2. The Morgan fingerprint density at radius 1 is 0.923 bits per heavy atom. The number of hydrogen-bond donors (Lipinski definition) is 1. The van der Waals surface area contributed by atoms with Crippen LogP contribution in [0.25, 0.3) is 0 Å². The van der Waals surface area contributed by atoms with Crippen LogP contribution in [-0.2, 0) is 14.3 Å². The summed E-state index contributed by atoms with van der Waals surface area (Å²) in [5.74, 6) is -0.421. The van der Waals surface area contributed by atoms with Gasteiger partial charge >= 0.3 is 5.97 Å². The van der Waals surface area contributed by atoms with Crippen molar-refractivity contribution in [3.05, 3.63) is 75.9 Å². The highest BCUT2D eigenvalue weighted by Crippen LogP contribution is 2.51. The van der Waals surface area contributed by atoms with Crippen molar-refractivity contribution >= 4 is 11.8 Å². The summed E-state index contributed by atoms with van der Waals surface area (Å²) in [7, 11) is 4.58. The molecule has 0 saturated heterocycles. The Labute approximate surface area is 228 Å². The lowest BCUT2D eigenvalue weighted by molar-refractivity contribution is -0.144. The number of nitrogens with one attached hydrogen (secondary N) is 1. The first-order valence-electron chi connectivity index (χ1n) is 13.4. The van der Waals surface area contributed by atoms with Crippen molar-refractivity contribution in [3.8, 4) is 17.2 Å². The van der Waals surface area contributed by atoms with E-state index in [1.807, 2.05) is 13.0 Å². The van der Waals surface area contributed by atoms with Gasteiger partial charge in [0.1, 0.15) is 11.9 Å². The van der Waals surface area contributed by atoms with Crippen molar-refractivity contribution in [1.82, 2.24) is 5.32 Å². The molecule has 39 heavy (non-hydrogen) atoms. The number of ether oxygens (including phenoxy) is 4. The number of carbonyl (C=O) groups excluding carboxylic acids is 2. The zero-order valence-electron chi connectivity index (χ0n) is 22.8. The van der Waals surface area contributed by atoms with E-state index in [2.05, 4.69) is 5.32 Å². The van der Waals surface area contributed by atoms with E-state index in [1.165, 1.54) is 33.5 Å². The summed E-state index contributed by atoms with van der Waals surface area (Å²) in [4.78, 5) is 27.7. The molecule has 1 aliphatic heterocycles. The Bertz CT molecular complexity index is 1340. The molecule has 0 radical (unpaired) electrons. The van der Waals surface area contributed by atoms with Crippen molar-refractivity contribution in [3.63, 3.8) is 0 Å². The molecule has 5 rings (SSSR count). The molecule has 0 spiro atoms. The van der Waals surface area contributed by atoms with Gasteiger partial charge in [0.15, 0.2) is 17.3 Å². The number of halogens is 1. The fourth-order valence-corrected chi connectivity index (χ4v) is 6.16. The Kier molecular flexibility index (Phi) is 7.64. The zero-order chi connectivity index (χ0) is 27.7. The third kappa shape index (κ3) is 5.00. The number of esters is 1. The number of ketones is 1. The maximum atomic E-state index is 13.9. The third-order valence-corrected chi connectivity index (χ3v) is 8.01. The summed E-state index contributed by atoms with van der Waals surface area (Å²) in [5, 5.41) is 3.37. The van der Waals surface area contributed by atoms with Crippen molar-refractivity contribution in [2.75, 3.05) is 21.3 Å². The highest BCUT2D eigenvalue weighted by molar-refractivity contribution is 6.04. The molecule has 1 heterocycles. The topological polar surface area (TPSA) is 83.1 Å².